The van der Waals surface area contributed by atoms with Crippen molar-refractivity contribution in [3.05, 3.63) is 24.3 Å². The molecule has 0 aromatic heterocycles. The van der Waals surface area contributed by atoms with Gasteiger partial charge >= 0.3 is 0 Å². The fourth-order valence-electron chi connectivity index (χ4n) is 2.93. The lowest BCUT2D eigenvalue weighted by Crippen LogP contribution is -2.44. The third-order valence-corrected chi connectivity index (χ3v) is 5.78. The van der Waals surface area contributed by atoms with Crippen molar-refractivity contribution in [3.8, 4) is 0 Å². The molecule has 3 rings (SSSR count). The Hall–Kier alpha value is -1.80. The van der Waals surface area contributed by atoms with Crippen LogP contribution in [0.1, 0.15) is 12.8 Å². The molecule has 1 amide bonds. The first-order valence-corrected chi connectivity index (χ1v) is 10.5. The highest BCUT2D eigenvalue weighted by atomic mass is 32.2. The van der Waals surface area contributed by atoms with E-state index in [9.17, 15) is 13.2 Å². The van der Waals surface area contributed by atoms with Gasteiger partial charge in [-0.15, -0.1) is 0 Å². The van der Waals surface area contributed by atoms with Crippen LogP contribution in [0.3, 0.4) is 0 Å². The summed E-state index contributed by atoms with van der Waals surface area (Å²) in [5.74, 6) is -0.254. The smallest absolute Gasteiger partial charge is 0.240 e. The fraction of sp³-hybridized carbons (Fsp3) is 0.588. The standard InChI is InChI=1S/C17H26N4O3S/c1-19-9-11-20(12-10-19)15-5-7-16(8-6-15)21(25(2,23)24)13-17(22)18-14-3-4-14/h5-8,14H,3-4,9-13H2,1-2H3,(H,18,22). The Bertz CT molecular complexity index is 708. The maximum Gasteiger partial charge on any atom is 0.240 e. The van der Waals surface area contributed by atoms with Gasteiger partial charge in [-0.2, -0.15) is 0 Å². The Balaban J connectivity index is 1.71. The summed E-state index contributed by atoms with van der Waals surface area (Å²) in [5, 5.41) is 2.84. The summed E-state index contributed by atoms with van der Waals surface area (Å²) in [5.41, 5.74) is 1.60. The molecule has 0 unspecified atom stereocenters. The van der Waals surface area contributed by atoms with E-state index in [1.54, 1.807) is 12.1 Å². The van der Waals surface area contributed by atoms with Crippen molar-refractivity contribution in [3.63, 3.8) is 0 Å². The minimum atomic E-state index is -3.52. The monoisotopic (exact) mass is 366 g/mol. The molecule has 0 spiro atoms. The van der Waals surface area contributed by atoms with E-state index in [1.165, 1.54) is 4.31 Å². The number of sulfonamides is 1. The number of anilines is 2. The van der Waals surface area contributed by atoms with E-state index in [4.69, 9.17) is 0 Å². The molecule has 0 atom stereocenters. The lowest BCUT2D eigenvalue weighted by molar-refractivity contribution is -0.119. The highest BCUT2D eigenvalue weighted by Gasteiger charge is 2.26. The largest absolute Gasteiger partial charge is 0.369 e. The van der Waals surface area contributed by atoms with Crippen LogP contribution in [0, 0.1) is 0 Å². The molecular weight excluding hydrogens is 340 g/mol. The Labute approximate surface area is 149 Å². The zero-order chi connectivity index (χ0) is 18.0. The molecule has 1 aromatic rings. The molecule has 2 fully saturated rings. The van der Waals surface area contributed by atoms with Crippen LogP contribution < -0.4 is 14.5 Å². The topological polar surface area (TPSA) is 73.0 Å². The quantitative estimate of drug-likeness (QED) is 0.793. The summed E-state index contributed by atoms with van der Waals surface area (Å²) < 4.78 is 25.4. The number of likely N-dealkylation sites (N-methyl/N-ethyl adjacent to an activating group) is 1. The number of benzene rings is 1. The molecule has 1 saturated carbocycles. The van der Waals surface area contributed by atoms with E-state index >= 15 is 0 Å². The van der Waals surface area contributed by atoms with E-state index in [-0.39, 0.29) is 18.5 Å². The molecule has 0 radical (unpaired) electrons. The third kappa shape index (κ3) is 4.85. The summed E-state index contributed by atoms with van der Waals surface area (Å²) in [6.45, 7) is 3.76. The number of hydrogen-bond acceptors (Lipinski definition) is 5. The van der Waals surface area contributed by atoms with Crippen molar-refractivity contribution in [1.82, 2.24) is 10.2 Å². The second-order valence-corrected chi connectivity index (χ2v) is 8.82. The zero-order valence-electron chi connectivity index (χ0n) is 14.8. The Morgan fingerprint density at radius 1 is 1.16 bits per heavy atom. The number of carbonyl (C=O) groups excluding carboxylic acids is 1. The van der Waals surface area contributed by atoms with Gasteiger partial charge in [-0.3, -0.25) is 9.10 Å². The summed E-state index contributed by atoms with van der Waals surface area (Å²) in [7, 11) is -1.41. The number of carbonyl (C=O) groups is 1. The minimum Gasteiger partial charge on any atom is -0.369 e. The van der Waals surface area contributed by atoms with Crippen LogP contribution >= 0.6 is 0 Å². The second-order valence-electron chi connectivity index (χ2n) is 6.92. The van der Waals surface area contributed by atoms with Gasteiger partial charge in [0.2, 0.25) is 15.9 Å². The van der Waals surface area contributed by atoms with E-state index in [0.29, 0.717) is 5.69 Å². The number of piperazine rings is 1. The number of amides is 1. The van der Waals surface area contributed by atoms with Gasteiger partial charge in [-0.1, -0.05) is 0 Å². The molecule has 2 aliphatic rings. The summed E-state index contributed by atoms with van der Waals surface area (Å²) in [6.07, 6.45) is 3.08. The molecule has 7 nitrogen and oxygen atoms in total. The van der Waals surface area contributed by atoms with Crippen molar-refractivity contribution < 1.29 is 13.2 Å². The molecule has 1 heterocycles. The number of nitrogens with zero attached hydrogens (tertiary/aromatic N) is 3. The minimum absolute atomic E-state index is 0.177. The highest BCUT2D eigenvalue weighted by molar-refractivity contribution is 7.92. The van der Waals surface area contributed by atoms with Gasteiger partial charge in [-0.25, -0.2) is 8.42 Å². The third-order valence-electron chi connectivity index (χ3n) is 4.64. The average molecular weight is 366 g/mol. The Morgan fingerprint density at radius 3 is 2.28 bits per heavy atom. The summed E-state index contributed by atoms with van der Waals surface area (Å²) >= 11 is 0. The molecular formula is C17H26N4O3S. The molecule has 1 N–H and O–H groups in total. The molecule has 1 aromatic carbocycles. The molecule has 1 saturated heterocycles. The predicted molar refractivity (Wildman–Crippen MR) is 99.5 cm³/mol. The lowest BCUT2D eigenvalue weighted by Gasteiger charge is -2.34. The van der Waals surface area contributed by atoms with Gasteiger partial charge in [0.05, 0.1) is 11.9 Å². The summed E-state index contributed by atoms with van der Waals surface area (Å²) in [4.78, 5) is 16.6. The van der Waals surface area contributed by atoms with Crippen molar-refractivity contribution in [1.29, 1.82) is 0 Å². The second kappa shape index (κ2) is 7.21. The Kier molecular flexibility index (Phi) is 5.19. The average Bonchev–Trinajstić information content (AvgIpc) is 3.36. The van der Waals surface area contributed by atoms with Crippen LogP contribution in [0.5, 0.6) is 0 Å². The van der Waals surface area contributed by atoms with Gasteiger partial charge in [0, 0.05) is 37.9 Å². The lowest BCUT2D eigenvalue weighted by atomic mass is 10.2. The first kappa shape index (κ1) is 18.0. The van der Waals surface area contributed by atoms with Crippen LogP contribution in [-0.4, -0.2) is 71.3 Å². The molecule has 1 aliphatic heterocycles. The fourth-order valence-corrected chi connectivity index (χ4v) is 3.78. The van der Waals surface area contributed by atoms with Crippen LogP contribution in [0.2, 0.25) is 0 Å². The van der Waals surface area contributed by atoms with Gasteiger partial charge in [0.15, 0.2) is 0 Å². The van der Waals surface area contributed by atoms with Crippen molar-refractivity contribution in [2.45, 2.75) is 18.9 Å². The van der Waals surface area contributed by atoms with Crippen molar-refractivity contribution in [2.75, 3.05) is 55.2 Å². The zero-order valence-corrected chi connectivity index (χ0v) is 15.6. The maximum absolute atomic E-state index is 12.1. The molecule has 8 heteroatoms. The van der Waals surface area contributed by atoms with E-state index in [0.717, 1.165) is 51.0 Å². The van der Waals surface area contributed by atoms with E-state index < -0.39 is 10.0 Å². The first-order chi connectivity index (χ1) is 11.8. The van der Waals surface area contributed by atoms with Crippen LogP contribution in [0.15, 0.2) is 24.3 Å². The predicted octanol–water partition coefficient (Wildman–Crippen LogP) is 0.483. The van der Waals surface area contributed by atoms with Crippen LogP contribution in [0.25, 0.3) is 0 Å². The van der Waals surface area contributed by atoms with E-state index in [1.807, 2.05) is 12.1 Å². The number of rotatable bonds is 6. The number of hydrogen-bond donors (Lipinski definition) is 1. The van der Waals surface area contributed by atoms with Gasteiger partial charge in [0.1, 0.15) is 6.54 Å². The first-order valence-electron chi connectivity index (χ1n) is 8.63. The number of nitrogens with one attached hydrogen (secondary N) is 1. The van der Waals surface area contributed by atoms with Crippen LogP contribution in [0.4, 0.5) is 11.4 Å². The van der Waals surface area contributed by atoms with E-state index in [2.05, 4.69) is 22.2 Å². The van der Waals surface area contributed by atoms with Crippen LogP contribution in [-0.2, 0) is 14.8 Å². The molecule has 25 heavy (non-hydrogen) atoms. The van der Waals surface area contributed by atoms with Gasteiger partial charge < -0.3 is 15.1 Å². The Morgan fingerprint density at radius 2 is 1.76 bits per heavy atom. The molecule has 1 aliphatic carbocycles. The molecule has 138 valence electrons. The van der Waals surface area contributed by atoms with Crippen molar-refractivity contribution in [2.24, 2.45) is 0 Å². The normalized spacial score (nSPS) is 18.9. The molecule has 0 bridgehead atoms. The van der Waals surface area contributed by atoms with Crippen molar-refractivity contribution >= 4 is 27.3 Å². The SMILES string of the molecule is CN1CCN(c2ccc(N(CC(=O)NC3CC3)S(C)(=O)=O)cc2)CC1. The summed E-state index contributed by atoms with van der Waals surface area (Å²) in [6, 6.07) is 7.63. The highest BCUT2D eigenvalue weighted by Crippen LogP contribution is 2.24. The van der Waals surface area contributed by atoms with Gasteiger partial charge in [-0.05, 0) is 44.2 Å². The maximum atomic E-state index is 12.1. The van der Waals surface area contributed by atoms with Gasteiger partial charge in [0.25, 0.3) is 0 Å².